The summed E-state index contributed by atoms with van der Waals surface area (Å²) < 4.78 is 14.8. The lowest BCUT2D eigenvalue weighted by Crippen LogP contribution is -2.43. The lowest BCUT2D eigenvalue weighted by Gasteiger charge is -2.31. The number of nitrogens with zero attached hydrogens (tertiary/aromatic N) is 3. The molecule has 5 heteroatoms. The zero-order valence-electron chi connectivity index (χ0n) is 10.9. The maximum Gasteiger partial charge on any atom is 0.123 e. The van der Waals surface area contributed by atoms with E-state index in [1.54, 1.807) is 18.5 Å². The Morgan fingerprint density at radius 1 is 1.32 bits per heavy atom. The molecule has 1 saturated heterocycles. The van der Waals surface area contributed by atoms with E-state index >= 15 is 0 Å². The molecule has 1 unspecified atom stereocenters. The molecule has 0 bridgehead atoms. The monoisotopic (exact) mass is 260 g/mol. The lowest BCUT2D eigenvalue weighted by atomic mass is 10.1. The molecule has 19 heavy (non-hydrogen) atoms. The van der Waals surface area contributed by atoms with Crippen molar-refractivity contribution in [2.75, 3.05) is 26.7 Å². The van der Waals surface area contributed by atoms with Crippen molar-refractivity contribution in [3.63, 3.8) is 0 Å². The van der Waals surface area contributed by atoms with Gasteiger partial charge in [0, 0.05) is 31.5 Å². The third kappa shape index (κ3) is 2.52. The summed E-state index contributed by atoms with van der Waals surface area (Å²) in [5.41, 5.74) is 1.96. The summed E-state index contributed by atoms with van der Waals surface area (Å²) in [7, 11) is 2.11. The Kier molecular flexibility index (Phi) is 3.31. The molecule has 1 atom stereocenters. The van der Waals surface area contributed by atoms with Crippen molar-refractivity contribution < 1.29 is 4.39 Å². The Hall–Kier alpha value is -1.72. The van der Waals surface area contributed by atoms with Crippen molar-refractivity contribution >= 4 is 0 Å². The zero-order valence-corrected chi connectivity index (χ0v) is 10.9. The van der Waals surface area contributed by atoms with Crippen LogP contribution in [0.2, 0.25) is 0 Å². The van der Waals surface area contributed by atoms with Gasteiger partial charge in [0.1, 0.15) is 5.82 Å². The number of hydrogen-bond acceptors (Lipinski definition) is 3. The third-order valence-corrected chi connectivity index (χ3v) is 3.58. The number of piperazine rings is 1. The van der Waals surface area contributed by atoms with Gasteiger partial charge in [-0.15, -0.1) is 0 Å². The first kappa shape index (κ1) is 12.3. The summed E-state index contributed by atoms with van der Waals surface area (Å²) in [4.78, 5) is 6.78. The number of benzene rings is 1. The zero-order chi connectivity index (χ0) is 13.2. The number of nitrogens with one attached hydrogen (secondary N) is 1. The minimum absolute atomic E-state index is 0.222. The summed E-state index contributed by atoms with van der Waals surface area (Å²) in [5.74, 6) is -0.222. The predicted octanol–water partition coefficient (Wildman–Crippen LogP) is 1.59. The fourth-order valence-corrected chi connectivity index (χ4v) is 2.40. The van der Waals surface area contributed by atoms with E-state index in [4.69, 9.17) is 0 Å². The molecule has 1 N–H and O–H groups in total. The predicted molar refractivity (Wildman–Crippen MR) is 71.8 cm³/mol. The second kappa shape index (κ2) is 5.11. The van der Waals surface area contributed by atoms with Crippen LogP contribution < -0.4 is 5.32 Å². The molecule has 3 rings (SSSR count). The molecule has 2 heterocycles. The van der Waals surface area contributed by atoms with Crippen LogP contribution in [-0.2, 0) is 0 Å². The van der Waals surface area contributed by atoms with Crippen molar-refractivity contribution in [2.24, 2.45) is 0 Å². The van der Waals surface area contributed by atoms with Crippen LogP contribution in [0.5, 0.6) is 0 Å². The van der Waals surface area contributed by atoms with Gasteiger partial charge in [-0.3, -0.25) is 4.90 Å². The summed E-state index contributed by atoms with van der Waals surface area (Å²) >= 11 is 0. The molecule has 0 spiro atoms. The van der Waals surface area contributed by atoms with Crippen molar-refractivity contribution in [1.82, 2.24) is 19.8 Å². The van der Waals surface area contributed by atoms with Crippen LogP contribution in [-0.4, -0.2) is 41.1 Å². The van der Waals surface area contributed by atoms with Crippen LogP contribution in [0.1, 0.15) is 11.7 Å². The maximum atomic E-state index is 12.9. The molecule has 1 fully saturated rings. The van der Waals surface area contributed by atoms with Gasteiger partial charge < -0.3 is 9.88 Å². The van der Waals surface area contributed by atoms with Crippen molar-refractivity contribution in [3.05, 3.63) is 48.3 Å². The third-order valence-electron chi connectivity index (χ3n) is 3.58. The minimum Gasteiger partial charge on any atom is -0.313 e. The van der Waals surface area contributed by atoms with E-state index in [2.05, 4.69) is 22.2 Å². The summed E-state index contributed by atoms with van der Waals surface area (Å²) in [5, 5.41) is 3.38. The van der Waals surface area contributed by atoms with E-state index in [9.17, 15) is 4.39 Å². The molecule has 0 saturated carbocycles. The molecule has 0 aliphatic carbocycles. The quantitative estimate of drug-likeness (QED) is 0.890. The standard InChI is InChI=1S/C14H17FN4/c1-18-7-6-16-8-14(18)13-9-19(10-17-13)12-4-2-11(15)3-5-12/h2-5,9-10,14,16H,6-8H2,1H3. The maximum absolute atomic E-state index is 12.9. The number of imidazole rings is 1. The van der Waals surface area contributed by atoms with E-state index in [1.807, 2.05) is 10.8 Å². The van der Waals surface area contributed by atoms with Crippen molar-refractivity contribution in [2.45, 2.75) is 6.04 Å². The Morgan fingerprint density at radius 3 is 2.84 bits per heavy atom. The molecule has 2 aromatic rings. The SMILES string of the molecule is CN1CCNCC1c1cn(-c2ccc(F)cc2)cn1. The summed E-state index contributed by atoms with van der Waals surface area (Å²) in [6, 6.07) is 6.73. The van der Waals surface area contributed by atoms with E-state index in [0.29, 0.717) is 6.04 Å². The molecule has 1 aliphatic rings. The lowest BCUT2D eigenvalue weighted by molar-refractivity contribution is 0.199. The van der Waals surface area contributed by atoms with Gasteiger partial charge in [-0.05, 0) is 31.3 Å². The second-order valence-electron chi connectivity index (χ2n) is 4.88. The molecule has 0 radical (unpaired) electrons. The Bertz CT molecular complexity index is 549. The highest BCUT2D eigenvalue weighted by atomic mass is 19.1. The fourth-order valence-electron chi connectivity index (χ4n) is 2.40. The highest BCUT2D eigenvalue weighted by Crippen LogP contribution is 2.20. The highest BCUT2D eigenvalue weighted by molar-refractivity contribution is 5.32. The van der Waals surface area contributed by atoms with E-state index < -0.39 is 0 Å². The topological polar surface area (TPSA) is 33.1 Å². The first-order chi connectivity index (χ1) is 9.24. The molecule has 4 nitrogen and oxygen atoms in total. The van der Waals surface area contributed by atoms with Gasteiger partial charge in [-0.1, -0.05) is 0 Å². The van der Waals surface area contributed by atoms with Crippen LogP contribution in [0.25, 0.3) is 5.69 Å². The van der Waals surface area contributed by atoms with Gasteiger partial charge in [-0.25, -0.2) is 9.37 Å². The van der Waals surface area contributed by atoms with E-state index in [1.165, 1.54) is 12.1 Å². The van der Waals surface area contributed by atoms with E-state index in [0.717, 1.165) is 31.0 Å². The van der Waals surface area contributed by atoms with E-state index in [-0.39, 0.29) is 5.82 Å². The van der Waals surface area contributed by atoms with Crippen LogP contribution >= 0.6 is 0 Å². The smallest absolute Gasteiger partial charge is 0.123 e. The number of hydrogen-bond donors (Lipinski definition) is 1. The largest absolute Gasteiger partial charge is 0.313 e. The van der Waals surface area contributed by atoms with Crippen molar-refractivity contribution in [1.29, 1.82) is 0 Å². The molecule has 1 aliphatic heterocycles. The second-order valence-corrected chi connectivity index (χ2v) is 4.88. The van der Waals surface area contributed by atoms with Crippen molar-refractivity contribution in [3.8, 4) is 5.69 Å². The summed E-state index contributed by atoms with van der Waals surface area (Å²) in [6.07, 6.45) is 3.80. The van der Waals surface area contributed by atoms with Gasteiger partial charge in [-0.2, -0.15) is 0 Å². The molecule has 0 amide bonds. The molecular weight excluding hydrogens is 243 g/mol. The number of aromatic nitrogens is 2. The summed E-state index contributed by atoms with van der Waals surface area (Å²) in [6.45, 7) is 2.96. The Balaban J connectivity index is 1.84. The van der Waals surface area contributed by atoms with Gasteiger partial charge in [0.05, 0.1) is 18.1 Å². The number of likely N-dealkylation sites (N-methyl/N-ethyl adjacent to an activating group) is 1. The van der Waals surface area contributed by atoms with Gasteiger partial charge in [0.2, 0.25) is 0 Å². The minimum atomic E-state index is -0.222. The van der Waals surface area contributed by atoms with Gasteiger partial charge in [0.15, 0.2) is 0 Å². The number of halogens is 1. The first-order valence-corrected chi connectivity index (χ1v) is 6.45. The molecule has 1 aromatic carbocycles. The first-order valence-electron chi connectivity index (χ1n) is 6.45. The Morgan fingerprint density at radius 2 is 2.11 bits per heavy atom. The average molecular weight is 260 g/mol. The Labute approximate surface area is 111 Å². The van der Waals surface area contributed by atoms with Gasteiger partial charge in [0.25, 0.3) is 0 Å². The molecule has 1 aromatic heterocycles. The van der Waals surface area contributed by atoms with Crippen LogP contribution in [0, 0.1) is 5.82 Å². The van der Waals surface area contributed by atoms with Crippen LogP contribution in [0.3, 0.4) is 0 Å². The fraction of sp³-hybridized carbons (Fsp3) is 0.357. The highest BCUT2D eigenvalue weighted by Gasteiger charge is 2.22. The molecular formula is C14H17FN4. The number of rotatable bonds is 2. The van der Waals surface area contributed by atoms with Crippen LogP contribution in [0.15, 0.2) is 36.8 Å². The van der Waals surface area contributed by atoms with Crippen LogP contribution in [0.4, 0.5) is 4.39 Å². The normalized spacial score (nSPS) is 20.6. The molecule has 100 valence electrons. The average Bonchev–Trinajstić information content (AvgIpc) is 2.89. The van der Waals surface area contributed by atoms with Gasteiger partial charge >= 0.3 is 0 Å².